The second-order valence-corrected chi connectivity index (χ2v) is 5.12. The van der Waals surface area contributed by atoms with Crippen LogP contribution < -0.4 is 5.73 Å². The summed E-state index contributed by atoms with van der Waals surface area (Å²) in [5, 5.41) is 9.49. The van der Waals surface area contributed by atoms with Gasteiger partial charge in [0.2, 0.25) is 0 Å². The zero-order valence-electron chi connectivity index (χ0n) is 9.71. The number of carboxylic acid groups (broad SMARTS) is 1. The van der Waals surface area contributed by atoms with Crippen LogP contribution in [0, 0.1) is 0 Å². The minimum absolute atomic E-state index is 0.0193. The Balaban J connectivity index is 2.06. The highest BCUT2D eigenvalue weighted by molar-refractivity contribution is 7.98. The number of aromatic nitrogens is 2. The van der Waals surface area contributed by atoms with Gasteiger partial charge in [-0.3, -0.25) is 0 Å². The molecule has 0 atom stereocenters. The van der Waals surface area contributed by atoms with Crippen molar-refractivity contribution in [2.45, 2.75) is 10.6 Å². The van der Waals surface area contributed by atoms with Crippen LogP contribution in [0.4, 0.5) is 5.82 Å². The maximum absolute atomic E-state index is 10.8. The molecule has 0 spiro atoms. The minimum Gasteiger partial charge on any atom is -0.477 e. The second-order valence-electron chi connectivity index (χ2n) is 3.63. The SMILES string of the molecule is Nc1nc(CSc2ccc(Cl)cc2)ncc1C(=O)O. The van der Waals surface area contributed by atoms with Gasteiger partial charge >= 0.3 is 5.97 Å². The molecule has 1 aromatic heterocycles. The Morgan fingerprint density at radius 1 is 1.37 bits per heavy atom. The summed E-state index contributed by atoms with van der Waals surface area (Å²) in [7, 11) is 0. The van der Waals surface area contributed by atoms with Crippen molar-refractivity contribution in [2.24, 2.45) is 0 Å². The molecule has 0 unspecified atom stereocenters. The number of halogens is 1. The Hall–Kier alpha value is -1.79. The molecule has 0 bridgehead atoms. The molecule has 5 nitrogen and oxygen atoms in total. The van der Waals surface area contributed by atoms with Gasteiger partial charge in [-0.15, -0.1) is 11.8 Å². The number of anilines is 1. The molecule has 2 aromatic rings. The van der Waals surface area contributed by atoms with Crippen LogP contribution in [-0.2, 0) is 5.75 Å². The monoisotopic (exact) mass is 295 g/mol. The molecule has 7 heteroatoms. The summed E-state index contributed by atoms with van der Waals surface area (Å²) in [5.41, 5.74) is 5.47. The number of nitrogen functional groups attached to an aromatic ring is 1. The summed E-state index contributed by atoms with van der Waals surface area (Å²) >= 11 is 7.31. The maximum Gasteiger partial charge on any atom is 0.341 e. The van der Waals surface area contributed by atoms with Gasteiger partial charge < -0.3 is 10.8 Å². The van der Waals surface area contributed by atoms with Crippen molar-refractivity contribution in [3.63, 3.8) is 0 Å². The van der Waals surface area contributed by atoms with Gasteiger partial charge in [0.1, 0.15) is 17.2 Å². The molecular weight excluding hydrogens is 286 g/mol. The fourth-order valence-corrected chi connectivity index (χ4v) is 2.24. The van der Waals surface area contributed by atoms with Crippen molar-refractivity contribution >= 4 is 35.1 Å². The Bertz CT molecular complexity index is 604. The Labute approximate surface area is 118 Å². The fourth-order valence-electron chi connectivity index (χ4n) is 1.35. The third-order valence-electron chi connectivity index (χ3n) is 2.28. The highest BCUT2D eigenvalue weighted by Gasteiger charge is 2.10. The molecule has 0 saturated heterocycles. The average Bonchev–Trinajstić information content (AvgIpc) is 2.37. The highest BCUT2D eigenvalue weighted by Crippen LogP contribution is 2.23. The Morgan fingerprint density at radius 3 is 2.63 bits per heavy atom. The number of hydrogen-bond donors (Lipinski definition) is 2. The number of carbonyl (C=O) groups is 1. The van der Waals surface area contributed by atoms with Gasteiger partial charge in [0, 0.05) is 16.1 Å². The van der Waals surface area contributed by atoms with Gasteiger partial charge in [0.15, 0.2) is 0 Å². The molecule has 0 aliphatic heterocycles. The normalized spacial score (nSPS) is 10.4. The lowest BCUT2D eigenvalue weighted by Gasteiger charge is -2.04. The zero-order chi connectivity index (χ0) is 13.8. The first-order chi connectivity index (χ1) is 9.06. The topological polar surface area (TPSA) is 89.1 Å². The predicted octanol–water partition coefficient (Wildman–Crippen LogP) is 2.70. The Morgan fingerprint density at radius 2 is 2.05 bits per heavy atom. The van der Waals surface area contributed by atoms with E-state index < -0.39 is 5.97 Å². The van der Waals surface area contributed by atoms with E-state index in [1.165, 1.54) is 18.0 Å². The molecule has 0 aliphatic carbocycles. The molecule has 1 aromatic carbocycles. The van der Waals surface area contributed by atoms with E-state index in [0.29, 0.717) is 16.6 Å². The standard InChI is InChI=1S/C12H10ClN3O2S/c13-7-1-3-8(4-2-7)19-6-10-15-5-9(12(17)18)11(14)16-10/h1-5H,6H2,(H,17,18)(H2,14,15,16). The lowest BCUT2D eigenvalue weighted by atomic mass is 10.3. The highest BCUT2D eigenvalue weighted by atomic mass is 35.5. The maximum atomic E-state index is 10.8. The molecule has 98 valence electrons. The molecule has 19 heavy (non-hydrogen) atoms. The van der Waals surface area contributed by atoms with E-state index in [-0.39, 0.29) is 11.4 Å². The molecular formula is C12H10ClN3O2S. The van der Waals surface area contributed by atoms with Crippen molar-refractivity contribution < 1.29 is 9.90 Å². The van der Waals surface area contributed by atoms with E-state index in [1.807, 2.05) is 12.1 Å². The summed E-state index contributed by atoms with van der Waals surface area (Å²) < 4.78 is 0. The van der Waals surface area contributed by atoms with E-state index in [9.17, 15) is 4.79 Å². The van der Waals surface area contributed by atoms with Crippen molar-refractivity contribution in [1.82, 2.24) is 9.97 Å². The van der Waals surface area contributed by atoms with E-state index in [4.69, 9.17) is 22.4 Å². The fraction of sp³-hybridized carbons (Fsp3) is 0.0833. The van der Waals surface area contributed by atoms with E-state index in [2.05, 4.69) is 9.97 Å². The molecule has 0 radical (unpaired) electrons. The predicted molar refractivity (Wildman–Crippen MR) is 74.4 cm³/mol. The van der Waals surface area contributed by atoms with Gasteiger partial charge in [-0.25, -0.2) is 14.8 Å². The quantitative estimate of drug-likeness (QED) is 0.843. The lowest BCUT2D eigenvalue weighted by Crippen LogP contribution is -2.07. The smallest absolute Gasteiger partial charge is 0.341 e. The number of rotatable bonds is 4. The Kier molecular flexibility index (Phi) is 4.24. The van der Waals surface area contributed by atoms with Crippen LogP contribution in [-0.4, -0.2) is 21.0 Å². The first-order valence-corrected chi connectivity index (χ1v) is 6.65. The van der Waals surface area contributed by atoms with Crippen molar-refractivity contribution in [2.75, 3.05) is 5.73 Å². The summed E-state index contributed by atoms with van der Waals surface area (Å²) in [6.45, 7) is 0. The lowest BCUT2D eigenvalue weighted by molar-refractivity contribution is 0.0697. The van der Waals surface area contributed by atoms with Crippen LogP contribution >= 0.6 is 23.4 Å². The van der Waals surface area contributed by atoms with Gasteiger partial charge in [-0.1, -0.05) is 11.6 Å². The van der Waals surface area contributed by atoms with Crippen LogP contribution in [0.15, 0.2) is 35.4 Å². The third kappa shape index (κ3) is 3.59. The first kappa shape index (κ1) is 13.6. The van der Waals surface area contributed by atoms with Crippen LogP contribution in [0.1, 0.15) is 16.2 Å². The molecule has 1 heterocycles. The van der Waals surface area contributed by atoms with Gasteiger partial charge in [0.05, 0.1) is 5.75 Å². The van der Waals surface area contributed by atoms with Crippen molar-refractivity contribution in [1.29, 1.82) is 0 Å². The molecule has 0 fully saturated rings. The van der Waals surface area contributed by atoms with E-state index in [0.717, 1.165) is 4.90 Å². The number of carboxylic acids is 1. The summed E-state index contributed by atoms with van der Waals surface area (Å²) in [4.78, 5) is 19.7. The van der Waals surface area contributed by atoms with Crippen molar-refractivity contribution in [3.8, 4) is 0 Å². The summed E-state index contributed by atoms with van der Waals surface area (Å²) in [6.07, 6.45) is 1.22. The number of nitrogens with two attached hydrogens (primary N) is 1. The summed E-state index contributed by atoms with van der Waals surface area (Å²) in [6, 6.07) is 7.38. The van der Waals surface area contributed by atoms with Crippen molar-refractivity contribution in [3.05, 3.63) is 46.9 Å². The van der Waals surface area contributed by atoms with E-state index >= 15 is 0 Å². The number of benzene rings is 1. The largest absolute Gasteiger partial charge is 0.477 e. The molecule has 0 aliphatic rings. The summed E-state index contributed by atoms with van der Waals surface area (Å²) in [5.74, 6) is -0.155. The van der Waals surface area contributed by atoms with Crippen LogP contribution in [0.2, 0.25) is 5.02 Å². The zero-order valence-corrected chi connectivity index (χ0v) is 11.3. The average molecular weight is 296 g/mol. The van der Waals surface area contributed by atoms with Gasteiger partial charge in [0.25, 0.3) is 0 Å². The number of aromatic carboxylic acids is 1. The van der Waals surface area contributed by atoms with Crippen LogP contribution in [0.25, 0.3) is 0 Å². The number of hydrogen-bond acceptors (Lipinski definition) is 5. The minimum atomic E-state index is -1.13. The first-order valence-electron chi connectivity index (χ1n) is 5.29. The second kappa shape index (κ2) is 5.90. The van der Waals surface area contributed by atoms with Crippen LogP contribution in [0.3, 0.4) is 0 Å². The molecule has 3 N–H and O–H groups in total. The van der Waals surface area contributed by atoms with Crippen LogP contribution in [0.5, 0.6) is 0 Å². The molecule has 2 rings (SSSR count). The molecule has 0 saturated carbocycles. The number of nitrogens with zero attached hydrogens (tertiary/aromatic N) is 2. The van der Waals surface area contributed by atoms with Gasteiger partial charge in [-0.05, 0) is 24.3 Å². The molecule has 0 amide bonds. The van der Waals surface area contributed by atoms with Gasteiger partial charge in [-0.2, -0.15) is 0 Å². The van der Waals surface area contributed by atoms with E-state index in [1.54, 1.807) is 12.1 Å². The third-order valence-corrected chi connectivity index (χ3v) is 3.54. The number of thioether (sulfide) groups is 1.